The molecule has 0 amide bonds. The van der Waals surface area contributed by atoms with Gasteiger partial charge in [0.05, 0.1) is 18.6 Å². The minimum Gasteiger partial charge on any atom is -0.491 e. The molecule has 0 atom stereocenters. The van der Waals surface area contributed by atoms with Crippen molar-refractivity contribution in [2.75, 3.05) is 6.61 Å². The van der Waals surface area contributed by atoms with Crippen LogP contribution in [0.25, 0.3) is 0 Å². The smallest absolute Gasteiger partial charge is 0.419 e. The molecule has 1 aliphatic rings. The Morgan fingerprint density at radius 1 is 0.944 bits per heavy atom. The summed E-state index contributed by atoms with van der Waals surface area (Å²) in [7, 11) is 0. The molecule has 2 aromatic rings. The molecule has 0 heterocycles. The zero-order chi connectivity index (χ0) is 26.5. The summed E-state index contributed by atoms with van der Waals surface area (Å²) in [6.45, 7) is 4.99. The van der Waals surface area contributed by atoms with Gasteiger partial charge in [0.15, 0.2) is 11.6 Å². The van der Waals surface area contributed by atoms with Crippen LogP contribution in [-0.4, -0.2) is 12.7 Å². The highest BCUT2D eigenvalue weighted by atomic mass is 19.4. The van der Waals surface area contributed by atoms with Crippen LogP contribution in [0.1, 0.15) is 87.0 Å². The van der Waals surface area contributed by atoms with Gasteiger partial charge in [0, 0.05) is 0 Å². The quantitative estimate of drug-likeness (QED) is 0.293. The van der Waals surface area contributed by atoms with Gasteiger partial charge in [0.25, 0.3) is 0 Å². The van der Waals surface area contributed by atoms with E-state index in [1.165, 1.54) is 51.7 Å². The Labute approximate surface area is 209 Å². The minimum atomic E-state index is -5.06. The molecule has 0 aromatic heterocycles. The normalized spacial score (nSPS) is 18.8. The summed E-state index contributed by atoms with van der Waals surface area (Å²) in [5.41, 5.74) is -0.989. The molecular weight excluding hydrogens is 482 g/mol. The summed E-state index contributed by atoms with van der Waals surface area (Å²) >= 11 is 0. The highest BCUT2D eigenvalue weighted by molar-refractivity contribution is 5.45. The standard InChI is InChI=1S/C28H34F6O2/c1-4-6-19-7-9-20(10-8-19)21-11-13-22(14-12-21)36-27(30,31)16-15-23-18(3)17-24(35-5-2)26(29)25(23)28(32,33)34/h11-14,17,19-20H,4-10,15-16H2,1-3H3. The number of aryl methyl sites for hydroxylation is 1. The molecule has 2 nitrogen and oxygen atoms in total. The first-order valence-corrected chi connectivity index (χ1v) is 12.6. The third-order valence-electron chi connectivity index (χ3n) is 6.97. The van der Waals surface area contributed by atoms with Crippen molar-refractivity contribution in [2.45, 2.75) is 90.3 Å². The molecule has 0 aliphatic heterocycles. The van der Waals surface area contributed by atoms with Gasteiger partial charge in [-0.3, -0.25) is 0 Å². The van der Waals surface area contributed by atoms with Crippen LogP contribution in [0.2, 0.25) is 0 Å². The molecule has 0 unspecified atom stereocenters. The van der Waals surface area contributed by atoms with Gasteiger partial charge in [-0.05, 0) is 92.7 Å². The van der Waals surface area contributed by atoms with E-state index in [9.17, 15) is 26.3 Å². The second-order valence-corrected chi connectivity index (χ2v) is 9.60. The second-order valence-electron chi connectivity index (χ2n) is 9.60. The summed E-state index contributed by atoms with van der Waals surface area (Å²) in [5, 5.41) is 0. The van der Waals surface area contributed by atoms with Gasteiger partial charge in [-0.25, -0.2) is 4.39 Å². The van der Waals surface area contributed by atoms with E-state index in [1.807, 2.05) is 0 Å². The number of hydrogen-bond donors (Lipinski definition) is 0. The van der Waals surface area contributed by atoms with Gasteiger partial charge >= 0.3 is 12.3 Å². The largest absolute Gasteiger partial charge is 0.491 e. The molecule has 2 aromatic carbocycles. The van der Waals surface area contributed by atoms with Crippen molar-refractivity contribution >= 4 is 0 Å². The predicted molar refractivity (Wildman–Crippen MR) is 127 cm³/mol. The average Bonchev–Trinajstić information content (AvgIpc) is 2.80. The summed E-state index contributed by atoms with van der Waals surface area (Å²) in [6.07, 6.45) is -3.64. The monoisotopic (exact) mass is 516 g/mol. The zero-order valence-corrected chi connectivity index (χ0v) is 21.0. The van der Waals surface area contributed by atoms with Crippen LogP contribution in [0.4, 0.5) is 26.3 Å². The van der Waals surface area contributed by atoms with Crippen LogP contribution in [0.15, 0.2) is 30.3 Å². The van der Waals surface area contributed by atoms with Gasteiger partial charge in [-0.2, -0.15) is 22.0 Å². The molecule has 0 saturated heterocycles. The van der Waals surface area contributed by atoms with E-state index in [2.05, 4.69) is 6.92 Å². The van der Waals surface area contributed by atoms with Gasteiger partial charge < -0.3 is 9.47 Å². The maximum absolute atomic E-state index is 14.6. The molecule has 1 saturated carbocycles. The molecule has 3 rings (SSSR count). The molecule has 36 heavy (non-hydrogen) atoms. The van der Waals surface area contributed by atoms with Crippen molar-refractivity contribution in [3.05, 3.63) is 58.4 Å². The van der Waals surface area contributed by atoms with Gasteiger partial charge in [0.2, 0.25) is 0 Å². The van der Waals surface area contributed by atoms with Crippen LogP contribution in [-0.2, 0) is 12.6 Å². The Kier molecular flexibility index (Phi) is 9.23. The predicted octanol–water partition coefficient (Wildman–Crippen LogP) is 9.23. The number of alkyl halides is 5. The minimum absolute atomic E-state index is 0.0287. The van der Waals surface area contributed by atoms with E-state index in [0.29, 0.717) is 5.92 Å². The Bertz CT molecular complexity index is 993. The number of ether oxygens (including phenoxy) is 2. The second kappa shape index (κ2) is 11.8. The van der Waals surface area contributed by atoms with Crippen LogP contribution < -0.4 is 9.47 Å². The maximum atomic E-state index is 14.6. The fourth-order valence-corrected chi connectivity index (χ4v) is 5.17. The summed E-state index contributed by atoms with van der Waals surface area (Å²) in [6, 6.07) is 7.62. The highest BCUT2D eigenvalue weighted by Gasteiger charge is 2.41. The first kappa shape index (κ1) is 28.2. The summed E-state index contributed by atoms with van der Waals surface area (Å²) < 4.78 is 94.4. The van der Waals surface area contributed by atoms with E-state index in [0.717, 1.165) is 30.4 Å². The lowest BCUT2D eigenvalue weighted by Gasteiger charge is -2.28. The molecule has 8 heteroatoms. The van der Waals surface area contributed by atoms with Crippen molar-refractivity contribution < 1.29 is 35.8 Å². The van der Waals surface area contributed by atoms with Crippen LogP contribution in [0, 0.1) is 18.7 Å². The Hall–Kier alpha value is -2.38. The Morgan fingerprint density at radius 2 is 1.58 bits per heavy atom. The van der Waals surface area contributed by atoms with Crippen molar-refractivity contribution in [1.29, 1.82) is 0 Å². The molecule has 0 spiro atoms. The van der Waals surface area contributed by atoms with E-state index < -0.39 is 47.8 Å². The SMILES string of the molecule is CCCC1CCC(c2ccc(OC(F)(F)CCc3c(C)cc(OCC)c(F)c3C(F)(F)F)cc2)CC1. The van der Waals surface area contributed by atoms with Crippen molar-refractivity contribution in [2.24, 2.45) is 5.92 Å². The number of halogens is 6. The highest BCUT2D eigenvalue weighted by Crippen LogP contribution is 2.41. The summed E-state index contributed by atoms with van der Waals surface area (Å²) in [5.74, 6) is -1.04. The molecule has 0 bridgehead atoms. The van der Waals surface area contributed by atoms with Crippen LogP contribution in [0.5, 0.6) is 11.5 Å². The molecule has 200 valence electrons. The van der Waals surface area contributed by atoms with E-state index in [1.54, 1.807) is 12.1 Å². The van der Waals surface area contributed by atoms with Crippen molar-refractivity contribution in [3.8, 4) is 11.5 Å². The molecular formula is C28H34F6O2. The third kappa shape index (κ3) is 7.10. The number of hydrogen-bond acceptors (Lipinski definition) is 2. The van der Waals surface area contributed by atoms with E-state index in [-0.39, 0.29) is 17.9 Å². The topological polar surface area (TPSA) is 18.5 Å². The van der Waals surface area contributed by atoms with Crippen molar-refractivity contribution in [3.63, 3.8) is 0 Å². The number of benzene rings is 2. The average molecular weight is 517 g/mol. The fraction of sp³-hybridized carbons (Fsp3) is 0.571. The molecule has 1 aliphatic carbocycles. The first-order valence-electron chi connectivity index (χ1n) is 12.6. The van der Waals surface area contributed by atoms with Gasteiger partial charge in [-0.1, -0.05) is 31.9 Å². The lowest BCUT2D eigenvalue weighted by atomic mass is 9.77. The maximum Gasteiger partial charge on any atom is 0.419 e. The fourth-order valence-electron chi connectivity index (χ4n) is 5.17. The summed E-state index contributed by atoms with van der Waals surface area (Å²) in [4.78, 5) is 0. The Morgan fingerprint density at radius 3 is 2.14 bits per heavy atom. The first-order chi connectivity index (χ1) is 16.9. The van der Waals surface area contributed by atoms with Crippen LogP contribution in [0.3, 0.4) is 0 Å². The lowest BCUT2D eigenvalue weighted by Crippen LogP contribution is -2.26. The van der Waals surface area contributed by atoms with Gasteiger partial charge in [0.1, 0.15) is 5.75 Å². The molecule has 0 radical (unpaired) electrons. The zero-order valence-electron chi connectivity index (χ0n) is 21.0. The van der Waals surface area contributed by atoms with Gasteiger partial charge in [-0.15, -0.1) is 0 Å². The number of rotatable bonds is 10. The van der Waals surface area contributed by atoms with Crippen LogP contribution >= 0.6 is 0 Å². The van der Waals surface area contributed by atoms with E-state index >= 15 is 0 Å². The van der Waals surface area contributed by atoms with E-state index in [4.69, 9.17) is 9.47 Å². The lowest BCUT2D eigenvalue weighted by molar-refractivity contribution is -0.180. The Balaban J connectivity index is 1.67. The van der Waals surface area contributed by atoms with Crippen molar-refractivity contribution in [1.82, 2.24) is 0 Å². The molecule has 0 N–H and O–H groups in total. The molecule has 1 fully saturated rings. The third-order valence-corrected chi connectivity index (χ3v) is 6.97.